The number of ether oxygens (including phenoxy) is 2. The minimum Gasteiger partial charge on any atom is -0.454 e. The second-order valence-corrected chi connectivity index (χ2v) is 9.37. The molecular formula is C25H23N3O5. The average Bonchev–Trinajstić information content (AvgIpc) is 3.59. The van der Waals surface area contributed by atoms with Gasteiger partial charge < -0.3 is 14.8 Å². The van der Waals surface area contributed by atoms with Crippen LogP contribution in [0.25, 0.3) is 0 Å². The fraction of sp³-hybridized carbons (Fsp3) is 0.400. The number of nitrogens with one attached hydrogen (secondary N) is 1. The van der Waals surface area contributed by atoms with Crippen molar-refractivity contribution in [3.63, 3.8) is 0 Å². The predicted octanol–water partition coefficient (Wildman–Crippen LogP) is 2.41. The van der Waals surface area contributed by atoms with E-state index in [1.54, 1.807) is 18.2 Å². The summed E-state index contributed by atoms with van der Waals surface area (Å²) >= 11 is 0. The van der Waals surface area contributed by atoms with Gasteiger partial charge in [0.15, 0.2) is 11.5 Å². The van der Waals surface area contributed by atoms with Crippen LogP contribution in [0.15, 0.2) is 36.4 Å². The average molecular weight is 445 g/mol. The zero-order valence-electron chi connectivity index (χ0n) is 18.2. The van der Waals surface area contributed by atoms with Crippen LogP contribution in [-0.2, 0) is 26.3 Å². The molecular weight excluding hydrogens is 422 g/mol. The number of amides is 3. The Morgan fingerprint density at radius 2 is 1.94 bits per heavy atom. The molecule has 8 heteroatoms. The van der Waals surface area contributed by atoms with Gasteiger partial charge in [-0.15, -0.1) is 0 Å². The highest BCUT2D eigenvalue weighted by Gasteiger charge is 2.74. The predicted molar refractivity (Wildman–Crippen MR) is 118 cm³/mol. The summed E-state index contributed by atoms with van der Waals surface area (Å²) in [6.07, 6.45) is 2.47. The van der Waals surface area contributed by atoms with E-state index in [1.807, 2.05) is 18.2 Å². The van der Waals surface area contributed by atoms with Crippen LogP contribution < -0.4 is 19.7 Å². The number of aryl methyl sites for hydroxylation is 1. The maximum Gasteiger partial charge on any atom is 0.250 e. The summed E-state index contributed by atoms with van der Waals surface area (Å²) in [5.41, 5.74) is 1.99. The Morgan fingerprint density at radius 3 is 2.79 bits per heavy atom. The quantitative estimate of drug-likeness (QED) is 0.715. The Kier molecular flexibility index (Phi) is 3.68. The number of imide groups is 1. The Hall–Kier alpha value is -3.39. The highest BCUT2D eigenvalue weighted by atomic mass is 16.7. The van der Waals surface area contributed by atoms with Crippen molar-refractivity contribution in [2.75, 3.05) is 23.6 Å². The molecule has 3 saturated heterocycles. The highest BCUT2D eigenvalue weighted by Crippen LogP contribution is 2.61. The number of rotatable bonds is 2. The molecule has 5 heterocycles. The van der Waals surface area contributed by atoms with Gasteiger partial charge in [-0.1, -0.05) is 25.1 Å². The first-order valence-electron chi connectivity index (χ1n) is 11.6. The Morgan fingerprint density at radius 1 is 1.09 bits per heavy atom. The highest BCUT2D eigenvalue weighted by molar-refractivity contribution is 6.26. The molecule has 5 aliphatic rings. The summed E-state index contributed by atoms with van der Waals surface area (Å²) in [7, 11) is 0. The summed E-state index contributed by atoms with van der Waals surface area (Å²) in [6, 6.07) is 10.9. The fourth-order valence-corrected chi connectivity index (χ4v) is 6.86. The molecule has 4 unspecified atom stereocenters. The van der Waals surface area contributed by atoms with Crippen molar-refractivity contribution in [3.8, 4) is 11.5 Å². The SMILES string of the molecule is CCc1cccc2c1NC(=O)C21C2C(=O)N(c3ccc4c(c3)OCO4)C(=O)C2C2CCCN21. The van der Waals surface area contributed by atoms with Crippen LogP contribution in [0.4, 0.5) is 11.4 Å². The van der Waals surface area contributed by atoms with Crippen LogP contribution in [0, 0.1) is 11.8 Å². The third-order valence-corrected chi connectivity index (χ3v) is 8.11. The molecule has 0 aromatic heterocycles. The first-order chi connectivity index (χ1) is 16.1. The lowest BCUT2D eigenvalue weighted by Gasteiger charge is -2.36. The summed E-state index contributed by atoms with van der Waals surface area (Å²) in [5.74, 6) is -0.937. The van der Waals surface area contributed by atoms with Crippen molar-refractivity contribution >= 4 is 29.1 Å². The van der Waals surface area contributed by atoms with E-state index in [2.05, 4.69) is 17.1 Å². The second kappa shape index (κ2) is 6.35. The van der Waals surface area contributed by atoms with E-state index in [-0.39, 0.29) is 30.6 Å². The zero-order chi connectivity index (χ0) is 22.5. The third kappa shape index (κ3) is 2.13. The lowest BCUT2D eigenvalue weighted by atomic mass is 9.75. The zero-order valence-corrected chi connectivity index (χ0v) is 18.2. The van der Waals surface area contributed by atoms with Crippen LogP contribution in [-0.4, -0.2) is 42.0 Å². The number of carbonyl (C=O) groups excluding carboxylic acids is 3. The third-order valence-electron chi connectivity index (χ3n) is 8.11. The lowest BCUT2D eigenvalue weighted by Crippen LogP contribution is -2.54. The number of anilines is 2. The first-order valence-corrected chi connectivity index (χ1v) is 11.6. The number of nitrogens with zero attached hydrogens (tertiary/aromatic N) is 2. The molecule has 2 aromatic rings. The van der Waals surface area contributed by atoms with Gasteiger partial charge in [0.2, 0.25) is 24.5 Å². The maximum atomic E-state index is 14.0. The molecule has 33 heavy (non-hydrogen) atoms. The number of carbonyl (C=O) groups is 3. The Bertz CT molecular complexity index is 1260. The van der Waals surface area contributed by atoms with Gasteiger partial charge in [0.1, 0.15) is 5.54 Å². The van der Waals surface area contributed by atoms with Gasteiger partial charge >= 0.3 is 0 Å². The first kappa shape index (κ1) is 19.1. The van der Waals surface area contributed by atoms with Gasteiger partial charge in [0.05, 0.1) is 17.5 Å². The number of hydrogen-bond donors (Lipinski definition) is 1. The van der Waals surface area contributed by atoms with Crippen LogP contribution in [0.5, 0.6) is 11.5 Å². The van der Waals surface area contributed by atoms with Crippen molar-refractivity contribution in [1.82, 2.24) is 4.90 Å². The molecule has 1 N–H and O–H groups in total. The standard InChI is InChI=1S/C25H23N3O5/c1-2-13-5-3-6-15-21(13)26-24(31)25(15)20-19(16-7-4-10-27(16)25)22(29)28(23(20)30)14-8-9-17-18(11-14)33-12-32-17/h3,5-6,8-9,11,16,19-20H,2,4,7,10,12H2,1H3,(H,26,31). The van der Waals surface area contributed by atoms with Gasteiger partial charge in [0.25, 0.3) is 0 Å². The monoisotopic (exact) mass is 445 g/mol. The van der Waals surface area contributed by atoms with Gasteiger partial charge in [0, 0.05) is 23.4 Å². The molecule has 7 rings (SSSR count). The van der Waals surface area contributed by atoms with Gasteiger partial charge in [-0.2, -0.15) is 0 Å². The van der Waals surface area contributed by atoms with Crippen LogP contribution in [0.1, 0.15) is 30.9 Å². The topological polar surface area (TPSA) is 88.2 Å². The van der Waals surface area contributed by atoms with Gasteiger partial charge in [-0.05, 0) is 43.5 Å². The maximum absolute atomic E-state index is 14.0. The van der Waals surface area contributed by atoms with Crippen molar-refractivity contribution in [2.24, 2.45) is 11.8 Å². The van der Waals surface area contributed by atoms with Crippen LogP contribution in [0.3, 0.4) is 0 Å². The summed E-state index contributed by atoms with van der Waals surface area (Å²) in [5, 5.41) is 3.10. The molecule has 3 fully saturated rings. The van der Waals surface area contributed by atoms with Crippen LogP contribution >= 0.6 is 0 Å². The minimum absolute atomic E-state index is 0.114. The molecule has 4 atom stereocenters. The summed E-state index contributed by atoms with van der Waals surface area (Å²) < 4.78 is 10.9. The molecule has 1 spiro atoms. The Labute approximate surface area is 190 Å². The summed E-state index contributed by atoms with van der Waals surface area (Å²) in [4.78, 5) is 45.0. The molecule has 0 radical (unpaired) electrons. The van der Waals surface area contributed by atoms with Crippen molar-refractivity contribution < 1.29 is 23.9 Å². The van der Waals surface area contributed by atoms with Crippen LogP contribution in [0.2, 0.25) is 0 Å². The molecule has 5 aliphatic heterocycles. The van der Waals surface area contributed by atoms with E-state index < -0.39 is 17.4 Å². The molecule has 0 bridgehead atoms. The molecule has 3 amide bonds. The van der Waals surface area contributed by atoms with E-state index in [9.17, 15) is 14.4 Å². The Balaban J connectivity index is 1.41. The molecule has 0 saturated carbocycles. The van der Waals surface area contributed by atoms with Crippen molar-refractivity contribution in [3.05, 3.63) is 47.5 Å². The molecule has 2 aromatic carbocycles. The molecule has 168 valence electrons. The van der Waals surface area contributed by atoms with E-state index >= 15 is 0 Å². The molecule has 0 aliphatic carbocycles. The number of hydrogen-bond acceptors (Lipinski definition) is 6. The number of para-hydroxylation sites is 1. The van der Waals surface area contributed by atoms with E-state index in [1.165, 1.54) is 4.90 Å². The second-order valence-electron chi connectivity index (χ2n) is 9.37. The normalized spacial score (nSPS) is 31.4. The summed E-state index contributed by atoms with van der Waals surface area (Å²) in [6.45, 7) is 2.86. The number of fused-ring (bicyclic) bond motifs is 8. The van der Waals surface area contributed by atoms with Gasteiger partial charge in [-0.25, -0.2) is 4.90 Å². The van der Waals surface area contributed by atoms with Crippen molar-refractivity contribution in [1.29, 1.82) is 0 Å². The molecule has 8 nitrogen and oxygen atoms in total. The minimum atomic E-state index is -1.15. The van der Waals surface area contributed by atoms with E-state index in [0.29, 0.717) is 23.7 Å². The lowest BCUT2D eigenvalue weighted by molar-refractivity contribution is -0.135. The number of benzene rings is 2. The smallest absolute Gasteiger partial charge is 0.250 e. The van der Waals surface area contributed by atoms with E-state index in [4.69, 9.17) is 9.47 Å². The van der Waals surface area contributed by atoms with E-state index in [0.717, 1.165) is 36.1 Å². The van der Waals surface area contributed by atoms with Gasteiger partial charge in [-0.3, -0.25) is 19.3 Å². The largest absolute Gasteiger partial charge is 0.454 e. The fourth-order valence-electron chi connectivity index (χ4n) is 6.86. The van der Waals surface area contributed by atoms with Crippen molar-refractivity contribution in [2.45, 2.75) is 37.8 Å².